The molecule has 0 aliphatic heterocycles. The number of para-hydroxylation sites is 1. The molecule has 0 spiro atoms. The standard InChI is InChI=1S/C13H9ClN2O/c14-12-7-3-4-9-8-15-13(16(9)12)10-5-1-2-6-11(10)17/h1-8,17H. The second kappa shape index (κ2) is 3.79. The molecule has 0 aliphatic carbocycles. The number of halogens is 1. The molecule has 2 heterocycles. The Morgan fingerprint density at radius 3 is 2.71 bits per heavy atom. The van der Waals surface area contributed by atoms with Crippen molar-refractivity contribution in [3.63, 3.8) is 0 Å². The van der Waals surface area contributed by atoms with Gasteiger partial charge in [0.05, 0.1) is 17.3 Å². The van der Waals surface area contributed by atoms with Crippen molar-refractivity contribution in [3.05, 3.63) is 53.8 Å². The Bertz CT molecular complexity index is 691. The van der Waals surface area contributed by atoms with Gasteiger partial charge in [-0.05, 0) is 24.3 Å². The van der Waals surface area contributed by atoms with Crippen molar-refractivity contribution >= 4 is 17.1 Å². The number of phenolic OH excluding ortho intramolecular Hbond substituents is 1. The summed E-state index contributed by atoms with van der Waals surface area (Å²) in [4.78, 5) is 4.31. The van der Waals surface area contributed by atoms with Crippen LogP contribution in [-0.4, -0.2) is 14.5 Å². The number of benzene rings is 1. The molecule has 2 aromatic heterocycles. The summed E-state index contributed by atoms with van der Waals surface area (Å²) >= 11 is 6.15. The lowest BCUT2D eigenvalue weighted by atomic mass is 10.2. The van der Waals surface area contributed by atoms with Crippen molar-refractivity contribution in [3.8, 4) is 17.1 Å². The minimum Gasteiger partial charge on any atom is -0.507 e. The third kappa shape index (κ3) is 1.56. The van der Waals surface area contributed by atoms with Crippen molar-refractivity contribution in [2.24, 2.45) is 0 Å². The first kappa shape index (κ1) is 10.2. The first-order valence-electron chi connectivity index (χ1n) is 5.18. The van der Waals surface area contributed by atoms with E-state index in [1.165, 1.54) is 0 Å². The monoisotopic (exact) mass is 244 g/mol. The van der Waals surface area contributed by atoms with Gasteiger partial charge in [0, 0.05) is 0 Å². The summed E-state index contributed by atoms with van der Waals surface area (Å²) in [5.74, 6) is 0.837. The second-order valence-electron chi connectivity index (χ2n) is 3.71. The fraction of sp³-hybridized carbons (Fsp3) is 0. The Hall–Kier alpha value is -2.00. The smallest absolute Gasteiger partial charge is 0.149 e. The Morgan fingerprint density at radius 1 is 1.06 bits per heavy atom. The first-order valence-corrected chi connectivity index (χ1v) is 5.55. The van der Waals surface area contributed by atoms with E-state index in [1.807, 2.05) is 24.3 Å². The number of pyridine rings is 1. The van der Waals surface area contributed by atoms with Gasteiger partial charge in [0.15, 0.2) is 0 Å². The molecular weight excluding hydrogens is 236 g/mol. The highest BCUT2D eigenvalue weighted by atomic mass is 35.5. The number of rotatable bonds is 1. The highest BCUT2D eigenvalue weighted by Crippen LogP contribution is 2.29. The number of imidazole rings is 1. The predicted octanol–water partition coefficient (Wildman–Crippen LogP) is 3.36. The zero-order valence-electron chi connectivity index (χ0n) is 8.84. The molecule has 3 nitrogen and oxygen atoms in total. The van der Waals surface area contributed by atoms with E-state index >= 15 is 0 Å². The van der Waals surface area contributed by atoms with Crippen LogP contribution in [-0.2, 0) is 0 Å². The van der Waals surface area contributed by atoms with Crippen LogP contribution in [0.15, 0.2) is 48.7 Å². The lowest BCUT2D eigenvalue weighted by Gasteiger charge is -2.05. The third-order valence-corrected chi connectivity index (χ3v) is 2.94. The van der Waals surface area contributed by atoms with E-state index in [2.05, 4.69) is 4.98 Å². The number of aromatic hydroxyl groups is 1. The number of fused-ring (bicyclic) bond motifs is 1. The van der Waals surface area contributed by atoms with Crippen LogP contribution < -0.4 is 0 Å². The minimum atomic E-state index is 0.194. The molecule has 1 N–H and O–H groups in total. The summed E-state index contributed by atoms with van der Waals surface area (Å²) in [6.07, 6.45) is 1.73. The fourth-order valence-corrected chi connectivity index (χ4v) is 2.11. The van der Waals surface area contributed by atoms with Crippen LogP contribution in [0, 0.1) is 0 Å². The molecule has 0 aliphatic rings. The maximum atomic E-state index is 9.84. The number of nitrogens with zero attached hydrogens (tertiary/aromatic N) is 2. The van der Waals surface area contributed by atoms with Crippen LogP contribution in [0.1, 0.15) is 0 Å². The van der Waals surface area contributed by atoms with Crippen molar-refractivity contribution in [2.45, 2.75) is 0 Å². The molecule has 0 radical (unpaired) electrons. The van der Waals surface area contributed by atoms with Gasteiger partial charge in [-0.3, -0.25) is 4.40 Å². The molecule has 0 amide bonds. The van der Waals surface area contributed by atoms with Crippen molar-refractivity contribution < 1.29 is 5.11 Å². The molecule has 0 fully saturated rings. The molecule has 4 heteroatoms. The highest BCUT2D eigenvalue weighted by molar-refractivity contribution is 6.30. The highest BCUT2D eigenvalue weighted by Gasteiger charge is 2.11. The largest absolute Gasteiger partial charge is 0.507 e. The molecule has 0 unspecified atom stereocenters. The van der Waals surface area contributed by atoms with Crippen LogP contribution in [0.5, 0.6) is 5.75 Å². The Labute approximate surface area is 103 Å². The molecule has 3 aromatic rings. The molecule has 0 bridgehead atoms. The second-order valence-corrected chi connectivity index (χ2v) is 4.09. The van der Waals surface area contributed by atoms with Gasteiger partial charge in [-0.1, -0.05) is 29.8 Å². The van der Waals surface area contributed by atoms with Crippen LogP contribution in [0.4, 0.5) is 0 Å². The average Bonchev–Trinajstić information content (AvgIpc) is 2.75. The van der Waals surface area contributed by atoms with Gasteiger partial charge in [-0.2, -0.15) is 0 Å². The Kier molecular flexibility index (Phi) is 2.27. The van der Waals surface area contributed by atoms with Gasteiger partial charge in [-0.25, -0.2) is 4.98 Å². The predicted molar refractivity (Wildman–Crippen MR) is 67.3 cm³/mol. The van der Waals surface area contributed by atoms with E-state index in [1.54, 1.807) is 28.8 Å². The van der Waals surface area contributed by atoms with Gasteiger partial charge < -0.3 is 5.11 Å². The summed E-state index contributed by atoms with van der Waals surface area (Å²) in [7, 11) is 0. The zero-order valence-corrected chi connectivity index (χ0v) is 9.59. The zero-order chi connectivity index (χ0) is 11.8. The molecule has 3 rings (SSSR count). The molecule has 0 saturated heterocycles. The average molecular weight is 245 g/mol. The van der Waals surface area contributed by atoms with Crippen molar-refractivity contribution in [1.82, 2.24) is 9.38 Å². The molecule has 1 aromatic carbocycles. The SMILES string of the molecule is Oc1ccccc1-c1ncc2cccc(Cl)n12. The summed E-state index contributed by atoms with van der Waals surface area (Å²) in [6.45, 7) is 0. The topological polar surface area (TPSA) is 37.5 Å². The maximum Gasteiger partial charge on any atom is 0.149 e. The first-order chi connectivity index (χ1) is 8.27. The van der Waals surface area contributed by atoms with Gasteiger partial charge >= 0.3 is 0 Å². The van der Waals surface area contributed by atoms with Crippen LogP contribution in [0.2, 0.25) is 5.15 Å². The van der Waals surface area contributed by atoms with Crippen molar-refractivity contribution in [1.29, 1.82) is 0 Å². The van der Waals surface area contributed by atoms with Gasteiger partial charge in [0.2, 0.25) is 0 Å². The number of aromatic nitrogens is 2. The molecule has 0 saturated carbocycles. The van der Waals surface area contributed by atoms with E-state index in [0.29, 0.717) is 16.5 Å². The van der Waals surface area contributed by atoms with Crippen LogP contribution in [0.3, 0.4) is 0 Å². The number of phenols is 1. The van der Waals surface area contributed by atoms with E-state index in [0.717, 1.165) is 5.52 Å². The van der Waals surface area contributed by atoms with Crippen molar-refractivity contribution in [2.75, 3.05) is 0 Å². The Morgan fingerprint density at radius 2 is 1.88 bits per heavy atom. The van der Waals surface area contributed by atoms with Gasteiger partial charge in [0.1, 0.15) is 16.7 Å². The van der Waals surface area contributed by atoms with E-state index < -0.39 is 0 Å². The molecule has 84 valence electrons. The lowest BCUT2D eigenvalue weighted by Crippen LogP contribution is -1.91. The number of hydrogen-bond donors (Lipinski definition) is 1. The third-order valence-electron chi connectivity index (χ3n) is 2.65. The lowest BCUT2D eigenvalue weighted by molar-refractivity contribution is 0.477. The van der Waals surface area contributed by atoms with Gasteiger partial charge in [0.25, 0.3) is 0 Å². The summed E-state index contributed by atoms with van der Waals surface area (Å²) in [5.41, 5.74) is 1.57. The fourth-order valence-electron chi connectivity index (χ4n) is 1.86. The van der Waals surface area contributed by atoms with Crippen LogP contribution >= 0.6 is 11.6 Å². The summed E-state index contributed by atoms with van der Waals surface area (Å²) in [6, 6.07) is 12.7. The van der Waals surface area contributed by atoms with Gasteiger partial charge in [-0.15, -0.1) is 0 Å². The normalized spacial score (nSPS) is 10.9. The maximum absolute atomic E-state index is 9.84. The van der Waals surface area contributed by atoms with Crippen LogP contribution in [0.25, 0.3) is 16.9 Å². The summed E-state index contributed by atoms with van der Waals surface area (Å²) < 4.78 is 1.80. The molecule has 17 heavy (non-hydrogen) atoms. The minimum absolute atomic E-state index is 0.194. The van der Waals surface area contributed by atoms with E-state index in [4.69, 9.17) is 11.6 Å². The number of hydrogen-bond acceptors (Lipinski definition) is 2. The molecule has 0 atom stereocenters. The Balaban J connectivity index is 2.36. The van der Waals surface area contributed by atoms with E-state index in [-0.39, 0.29) is 5.75 Å². The quantitative estimate of drug-likeness (QED) is 0.667. The molecular formula is C13H9ClN2O. The van der Waals surface area contributed by atoms with E-state index in [9.17, 15) is 5.11 Å². The summed E-state index contributed by atoms with van der Waals surface area (Å²) in [5, 5.41) is 10.4.